The van der Waals surface area contributed by atoms with Crippen LogP contribution in [0.15, 0.2) is 170 Å². The number of fused-ring (bicyclic) bond motifs is 6. The summed E-state index contributed by atoms with van der Waals surface area (Å²) in [6.07, 6.45) is 0. The number of benzene rings is 8. The van der Waals surface area contributed by atoms with Crippen LogP contribution in [-0.2, 0) is 0 Å². The summed E-state index contributed by atoms with van der Waals surface area (Å²) in [5, 5.41) is 7.07. The first-order valence-electron chi connectivity index (χ1n) is 18.4. The summed E-state index contributed by atoms with van der Waals surface area (Å²) in [7, 11) is 0. The molecule has 0 amide bonds. The average Bonchev–Trinajstić information content (AvgIpc) is 3.78. The van der Waals surface area contributed by atoms with Crippen LogP contribution in [0.25, 0.3) is 92.1 Å². The van der Waals surface area contributed by atoms with Crippen molar-refractivity contribution in [2.75, 3.05) is 0 Å². The van der Waals surface area contributed by atoms with Gasteiger partial charge in [-0.3, -0.25) is 4.57 Å². The first-order valence-corrected chi connectivity index (χ1v) is 16.7. The van der Waals surface area contributed by atoms with Crippen LogP contribution in [0.1, 0.15) is 6.85 Å². The van der Waals surface area contributed by atoms with Crippen LogP contribution in [0.3, 0.4) is 0 Å². The number of thiophene rings is 1. The molecule has 3 heteroatoms. The van der Waals surface area contributed by atoms with Gasteiger partial charge in [0, 0.05) is 31.4 Å². The fraction of sp³-hybridized carbons (Fsp3) is 0. The van der Waals surface area contributed by atoms with E-state index in [0.29, 0.717) is 16.9 Å². The molecule has 2 aromatic heterocycles. The summed E-state index contributed by atoms with van der Waals surface area (Å²) in [5.74, 6) is 0.493. The van der Waals surface area contributed by atoms with E-state index in [1.165, 1.54) is 31.3 Å². The lowest BCUT2D eigenvalue weighted by molar-refractivity contribution is 1.10. The highest BCUT2D eigenvalue weighted by Crippen LogP contribution is 2.48. The molecule has 48 heavy (non-hydrogen) atoms. The highest BCUT2D eigenvalue weighted by molar-refractivity contribution is 7.25. The molecule has 0 bridgehead atoms. The number of imidazole rings is 1. The zero-order valence-electron chi connectivity index (χ0n) is 30.6. The molecule has 0 spiro atoms. The molecule has 8 aromatic carbocycles. The van der Waals surface area contributed by atoms with Crippen LogP contribution in [0.5, 0.6) is 0 Å². The molecule has 0 aliphatic heterocycles. The largest absolute Gasteiger partial charge is 0.292 e. The molecule has 0 saturated carbocycles. The molecule has 0 saturated heterocycles. The highest BCUT2D eigenvalue weighted by Gasteiger charge is 2.21. The van der Waals surface area contributed by atoms with Gasteiger partial charge in [0.25, 0.3) is 0 Å². The monoisotopic (exact) mass is 633 g/mol. The molecule has 0 aliphatic rings. The lowest BCUT2D eigenvalue weighted by Gasteiger charge is -2.19. The van der Waals surface area contributed by atoms with E-state index in [4.69, 9.17) is 11.8 Å². The Labute approximate surface area is 288 Å². The van der Waals surface area contributed by atoms with Gasteiger partial charge in [-0.2, -0.15) is 0 Å². The molecular formula is C45H28N2S. The van der Waals surface area contributed by atoms with Crippen molar-refractivity contribution in [1.82, 2.24) is 9.55 Å². The maximum Gasteiger partial charge on any atom is 0.145 e. The van der Waals surface area contributed by atoms with E-state index in [9.17, 15) is 0 Å². The molecule has 0 unspecified atom stereocenters. The third-order valence-electron chi connectivity index (χ3n) is 9.28. The molecule has 0 N–H and O–H groups in total. The third kappa shape index (κ3) is 4.08. The van der Waals surface area contributed by atoms with E-state index in [0.717, 1.165) is 38.2 Å². The smallest absolute Gasteiger partial charge is 0.145 e. The van der Waals surface area contributed by atoms with Crippen molar-refractivity contribution in [2.45, 2.75) is 0 Å². The summed E-state index contributed by atoms with van der Waals surface area (Å²) in [6.45, 7) is 0. The van der Waals surface area contributed by atoms with E-state index >= 15 is 0 Å². The third-order valence-corrected chi connectivity index (χ3v) is 10.4. The second-order valence-corrected chi connectivity index (χ2v) is 13.0. The minimum Gasteiger partial charge on any atom is -0.292 e. The topological polar surface area (TPSA) is 17.8 Å². The first-order chi connectivity index (χ1) is 25.9. The molecule has 0 aliphatic carbocycles. The Balaban J connectivity index is 1.26. The Morgan fingerprint density at radius 2 is 1.12 bits per heavy atom. The fourth-order valence-electron chi connectivity index (χ4n) is 7.33. The predicted octanol–water partition coefficient (Wildman–Crippen LogP) is 12.7. The summed E-state index contributed by atoms with van der Waals surface area (Å²) < 4.78 is 47.0. The van der Waals surface area contributed by atoms with E-state index in [-0.39, 0.29) is 29.9 Å². The fourth-order valence-corrected chi connectivity index (χ4v) is 8.46. The van der Waals surface area contributed by atoms with Crippen LogP contribution in [0, 0.1) is 0 Å². The van der Waals surface area contributed by atoms with Gasteiger partial charge < -0.3 is 0 Å². The molecule has 10 aromatic rings. The summed E-state index contributed by atoms with van der Waals surface area (Å²) in [4.78, 5) is 5.01. The van der Waals surface area contributed by atoms with Crippen molar-refractivity contribution in [3.8, 4) is 39.3 Å². The van der Waals surface area contributed by atoms with Crippen molar-refractivity contribution < 1.29 is 6.85 Å². The molecule has 0 fully saturated rings. The van der Waals surface area contributed by atoms with Crippen LogP contribution >= 0.6 is 11.3 Å². The lowest BCUT2D eigenvalue weighted by atomic mass is 9.84. The van der Waals surface area contributed by atoms with E-state index < -0.39 is 6.04 Å². The number of rotatable bonds is 4. The number of aromatic nitrogens is 2. The average molecular weight is 634 g/mol. The maximum absolute atomic E-state index is 8.86. The first kappa shape index (κ1) is 22.5. The Bertz CT molecular complexity index is 3060. The summed E-state index contributed by atoms with van der Waals surface area (Å²) in [5.41, 5.74) is 6.64. The van der Waals surface area contributed by atoms with Crippen LogP contribution in [0.4, 0.5) is 0 Å². The quantitative estimate of drug-likeness (QED) is 0.176. The van der Waals surface area contributed by atoms with Crippen molar-refractivity contribution >= 4 is 64.1 Å². The van der Waals surface area contributed by atoms with Gasteiger partial charge in [0.05, 0.1) is 17.9 Å². The van der Waals surface area contributed by atoms with Crippen LogP contribution in [-0.4, -0.2) is 9.55 Å². The number of para-hydroxylation sites is 3. The minimum atomic E-state index is -0.428. The zero-order valence-corrected chi connectivity index (χ0v) is 26.4. The Hall–Kier alpha value is -6.03. The molecule has 2 heterocycles. The van der Waals surface area contributed by atoms with Gasteiger partial charge in [0.15, 0.2) is 0 Å². The van der Waals surface area contributed by atoms with Gasteiger partial charge in [-0.25, -0.2) is 4.98 Å². The normalized spacial score (nSPS) is 13.2. The predicted molar refractivity (Wildman–Crippen MR) is 205 cm³/mol. The molecule has 10 rings (SSSR count). The SMILES string of the molecule is [2H]c1c([2H])c([2H])c(-n2c(-c3cccc(-c4c5ccccc5c(-c5cccc6sc7ccccc7c56)c5ccccc45)c3)nc3ccccc32)c([2H])c1[2H]. The Morgan fingerprint density at radius 1 is 0.521 bits per heavy atom. The second kappa shape index (κ2) is 10.8. The van der Waals surface area contributed by atoms with Crippen molar-refractivity contribution in [1.29, 1.82) is 0 Å². The standard InChI is InChI=1S/C45H28N2S/c1-2-16-31(17-3-1)47-39-25-10-9-24-38(39)46-45(47)30-15-12-14-29(28-30)42-32-18-4-6-20-34(32)43(35-21-7-5-19-33(35)42)37-23-13-27-41-44(37)36-22-8-11-26-40(36)48-41/h1-28H/i1D,2D,3D,16D,17D. The summed E-state index contributed by atoms with van der Waals surface area (Å²) in [6, 6.07) is 46.4. The van der Waals surface area contributed by atoms with Crippen molar-refractivity contribution in [2.24, 2.45) is 0 Å². The van der Waals surface area contributed by atoms with Gasteiger partial charge in [-0.1, -0.05) is 127 Å². The molecule has 0 atom stereocenters. The van der Waals surface area contributed by atoms with E-state index in [1.807, 2.05) is 47.7 Å². The van der Waals surface area contributed by atoms with Crippen LogP contribution < -0.4 is 0 Å². The maximum atomic E-state index is 8.86. The van der Waals surface area contributed by atoms with Gasteiger partial charge in [-0.15, -0.1) is 11.3 Å². The number of hydrogen-bond acceptors (Lipinski definition) is 2. The minimum absolute atomic E-state index is 0.0699. The number of hydrogen-bond donors (Lipinski definition) is 0. The number of nitrogens with zero attached hydrogens (tertiary/aromatic N) is 2. The molecule has 2 nitrogen and oxygen atoms in total. The molecule has 224 valence electrons. The van der Waals surface area contributed by atoms with Crippen LogP contribution in [0.2, 0.25) is 0 Å². The van der Waals surface area contributed by atoms with Gasteiger partial charge >= 0.3 is 0 Å². The zero-order chi connectivity index (χ0) is 36.0. The lowest BCUT2D eigenvalue weighted by Crippen LogP contribution is -1.97. The van der Waals surface area contributed by atoms with Gasteiger partial charge in [0.2, 0.25) is 0 Å². The Morgan fingerprint density at radius 3 is 1.90 bits per heavy atom. The summed E-state index contributed by atoms with van der Waals surface area (Å²) >= 11 is 1.82. The highest BCUT2D eigenvalue weighted by atomic mass is 32.1. The Kier molecular flexibility index (Phi) is 5.04. The van der Waals surface area contributed by atoms with Gasteiger partial charge in [-0.05, 0) is 86.2 Å². The second-order valence-electron chi connectivity index (χ2n) is 11.9. The van der Waals surface area contributed by atoms with Crippen molar-refractivity contribution in [3.63, 3.8) is 0 Å². The molecule has 0 radical (unpaired) electrons. The van der Waals surface area contributed by atoms with E-state index in [2.05, 4.69) is 103 Å². The molecular weight excluding hydrogens is 601 g/mol. The van der Waals surface area contributed by atoms with Crippen molar-refractivity contribution in [3.05, 3.63) is 170 Å². The van der Waals surface area contributed by atoms with Gasteiger partial charge in [0.1, 0.15) is 5.82 Å². The van der Waals surface area contributed by atoms with E-state index in [1.54, 1.807) is 4.57 Å².